The third kappa shape index (κ3) is 5.41. The van der Waals surface area contributed by atoms with Crippen molar-refractivity contribution in [2.75, 3.05) is 0 Å². The molecular weight excluding hydrogens is 91.1 g/mol. The highest BCUT2D eigenvalue weighted by Crippen LogP contribution is 1.97. The highest BCUT2D eigenvalue weighted by atomic mass is 19.1. The van der Waals surface area contributed by atoms with E-state index in [1.165, 1.54) is 0 Å². The third-order valence-corrected chi connectivity index (χ3v) is 0.575. The van der Waals surface area contributed by atoms with E-state index in [9.17, 15) is 4.39 Å². The fourth-order valence-corrected chi connectivity index (χ4v) is 0.246. The van der Waals surface area contributed by atoms with Crippen molar-refractivity contribution in [2.45, 2.75) is 13.3 Å². The Hall–Kier alpha value is -0.590. The van der Waals surface area contributed by atoms with Crippen molar-refractivity contribution < 1.29 is 4.39 Å². The first-order valence-corrected chi connectivity index (χ1v) is 2.22. The predicted octanol–water partition coefficient (Wildman–Crippen LogP) is 2.44. The van der Waals surface area contributed by atoms with Crippen molar-refractivity contribution in [1.82, 2.24) is 0 Å². The molecule has 0 saturated carbocycles. The van der Waals surface area contributed by atoms with Gasteiger partial charge in [-0.2, -0.15) is 0 Å². The topological polar surface area (TPSA) is 0 Å². The summed E-state index contributed by atoms with van der Waals surface area (Å²) < 4.78 is 11.6. The molecule has 0 spiro atoms. The summed E-state index contributed by atoms with van der Waals surface area (Å²) in [6.45, 7) is 4.92. The van der Waals surface area contributed by atoms with Crippen molar-refractivity contribution in [2.24, 2.45) is 0 Å². The van der Waals surface area contributed by atoms with E-state index in [0.29, 0.717) is 6.42 Å². The molecule has 0 unspecified atom stereocenters. The molecule has 40 valence electrons. The second-order valence-electron chi connectivity index (χ2n) is 1.29. The molecule has 0 saturated heterocycles. The Morgan fingerprint density at radius 3 is 2.57 bits per heavy atom. The van der Waals surface area contributed by atoms with Crippen LogP contribution in [0.5, 0.6) is 0 Å². The monoisotopic (exact) mass is 100 g/mol. The molecule has 0 nitrogen and oxygen atoms in total. The van der Waals surface area contributed by atoms with E-state index >= 15 is 0 Å². The summed E-state index contributed by atoms with van der Waals surface area (Å²) in [6.07, 6.45) is 3.88. The highest BCUT2D eigenvalue weighted by molar-refractivity contribution is 4.91. The van der Waals surface area contributed by atoms with Crippen LogP contribution < -0.4 is 0 Å². The first-order valence-electron chi connectivity index (χ1n) is 2.22. The Balaban J connectivity index is 3.14. The minimum Gasteiger partial charge on any atom is -0.212 e. The molecular formula is C6H9F. The van der Waals surface area contributed by atoms with Crippen LogP contribution >= 0.6 is 0 Å². The van der Waals surface area contributed by atoms with Crippen LogP contribution in [-0.2, 0) is 0 Å². The largest absolute Gasteiger partial charge is 0.212 e. The Labute approximate surface area is 43.4 Å². The number of halogens is 1. The number of allylic oxidation sites excluding steroid dienone is 3. The summed E-state index contributed by atoms with van der Waals surface area (Å²) in [7, 11) is 0. The van der Waals surface area contributed by atoms with Crippen LogP contribution in [0.3, 0.4) is 0 Å². The molecule has 0 N–H and O–H groups in total. The second kappa shape index (κ2) is 3.59. The smallest absolute Gasteiger partial charge is 0.0965 e. The summed E-state index contributed by atoms with van der Waals surface area (Å²) in [5.74, 6) is -0.280. The van der Waals surface area contributed by atoms with Gasteiger partial charge in [-0.1, -0.05) is 18.7 Å². The van der Waals surface area contributed by atoms with Crippen LogP contribution in [0.1, 0.15) is 13.3 Å². The Morgan fingerprint density at radius 2 is 2.43 bits per heavy atom. The van der Waals surface area contributed by atoms with Gasteiger partial charge in [0.15, 0.2) is 0 Å². The van der Waals surface area contributed by atoms with Gasteiger partial charge < -0.3 is 0 Å². The molecule has 0 fully saturated rings. The lowest BCUT2D eigenvalue weighted by Crippen LogP contribution is -1.61. The summed E-state index contributed by atoms with van der Waals surface area (Å²) in [6, 6.07) is 0. The van der Waals surface area contributed by atoms with Gasteiger partial charge in [0.25, 0.3) is 0 Å². The van der Waals surface area contributed by atoms with Crippen LogP contribution in [0.15, 0.2) is 24.6 Å². The van der Waals surface area contributed by atoms with Gasteiger partial charge in [0.2, 0.25) is 0 Å². The van der Waals surface area contributed by atoms with E-state index in [0.717, 1.165) is 0 Å². The Morgan fingerprint density at radius 1 is 1.86 bits per heavy atom. The van der Waals surface area contributed by atoms with Gasteiger partial charge in [-0.15, -0.1) is 0 Å². The van der Waals surface area contributed by atoms with Crippen LogP contribution in [-0.4, -0.2) is 0 Å². The SMILES string of the molecule is C=C(F)CC=CC. The minimum absolute atomic E-state index is 0.280. The average molecular weight is 100 g/mol. The predicted molar refractivity (Wildman–Crippen MR) is 29.7 cm³/mol. The fourth-order valence-electron chi connectivity index (χ4n) is 0.246. The van der Waals surface area contributed by atoms with E-state index < -0.39 is 0 Å². The maximum atomic E-state index is 11.6. The molecule has 0 aliphatic heterocycles. The molecule has 0 aliphatic carbocycles. The van der Waals surface area contributed by atoms with Crippen molar-refractivity contribution in [3.05, 3.63) is 24.6 Å². The van der Waals surface area contributed by atoms with E-state index in [1.807, 2.05) is 6.92 Å². The quantitative estimate of drug-likeness (QED) is 0.467. The molecule has 0 atom stereocenters. The van der Waals surface area contributed by atoms with Gasteiger partial charge in [0.1, 0.15) is 0 Å². The zero-order chi connectivity index (χ0) is 5.70. The number of hydrogen-bond donors (Lipinski definition) is 0. The lowest BCUT2D eigenvalue weighted by Gasteiger charge is -1.80. The van der Waals surface area contributed by atoms with Crippen molar-refractivity contribution >= 4 is 0 Å². The average Bonchev–Trinajstić information content (AvgIpc) is 1.61. The lowest BCUT2D eigenvalue weighted by atomic mass is 10.4. The molecule has 0 heterocycles. The Bertz CT molecular complexity index is 82.2. The molecule has 0 aliphatic rings. The van der Waals surface area contributed by atoms with E-state index in [-0.39, 0.29) is 5.83 Å². The zero-order valence-corrected chi connectivity index (χ0v) is 4.45. The van der Waals surface area contributed by atoms with E-state index in [4.69, 9.17) is 0 Å². The van der Waals surface area contributed by atoms with Crippen LogP contribution in [0.4, 0.5) is 4.39 Å². The van der Waals surface area contributed by atoms with Gasteiger partial charge in [0.05, 0.1) is 5.83 Å². The molecule has 7 heavy (non-hydrogen) atoms. The molecule has 0 aromatic carbocycles. The molecule has 0 bridgehead atoms. The first-order chi connectivity index (χ1) is 3.27. The van der Waals surface area contributed by atoms with Gasteiger partial charge in [-0.05, 0) is 6.92 Å². The summed E-state index contributed by atoms with van der Waals surface area (Å²) in [5.41, 5.74) is 0. The van der Waals surface area contributed by atoms with Crippen molar-refractivity contribution in [3.8, 4) is 0 Å². The van der Waals surface area contributed by atoms with Gasteiger partial charge in [0, 0.05) is 6.42 Å². The Kier molecular flexibility index (Phi) is 3.29. The van der Waals surface area contributed by atoms with Crippen LogP contribution in [0, 0.1) is 0 Å². The standard InChI is InChI=1S/C6H9F/c1-3-4-5-6(2)7/h3-4H,2,5H2,1H3. The summed E-state index contributed by atoms with van der Waals surface area (Å²) >= 11 is 0. The van der Waals surface area contributed by atoms with Crippen molar-refractivity contribution in [1.29, 1.82) is 0 Å². The molecule has 0 aromatic rings. The lowest BCUT2D eigenvalue weighted by molar-refractivity contribution is 0.622. The molecule has 1 heteroatoms. The van der Waals surface area contributed by atoms with Gasteiger partial charge in [-0.3, -0.25) is 0 Å². The fraction of sp³-hybridized carbons (Fsp3) is 0.333. The van der Waals surface area contributed by atoms with E-state index in [2.05, 4.69) is 6.58 Å². The number of rotatable bonds is 2. The van der Waals surface area contributed by atoms with Gasteiger partial charge >= 0.3 is 0 Å². The van der Waals surface area contributed by atoms with Crippen LogP contribution in [0.2, 0.25) is 0 Å². The molecule has 0 rings (SSSR count). The number of hydrogen-bond acceptors (Lipinski definition) is 0. The van der Waals surface area contributed by atoms with Crippen LogP contribution in [0.25, 0.3) is 0 Å². The normalized spacial score (nSPS) is 10.0. The van der Waals surface area contributed by atoms with Crippen molar-refractivity contribution in [3.63, 3.8) is 0 Å². The second-order valence-corrected chi connectivity index (χ2v) is 1.29. The van der Waals surface area contributed by atoms with E-state index in [1.54, 1.807) is 12.2 Å². The maximum Gasteiger partial charge on any atom is 0.0965 e. The minimum atomic E-state index is -0.280. The zero-order valence-electron chi connectivity index (χ0n) is 4.45. The maximum absolute atomic E-state index is 11.6. The molecule has 0 amide bonds. The summed E-state index contributed by atoms with van der Waals surface area (Å²) in [4.78, 5) is 0. The van der Waals surface area contributed by atoms with Gasteiger partial charge in [-0.25, -0.2) is 4.39 Å². The summed E-state index contributed by atoms with van der Waals surface area (Å²) in [5, 5.41) is 0. The molecule has 0 radical (unpaired) electrons. The first kappa shape index (κ1) is 6.41. The highest BCUT2D eigenvalue weighted by Gasteiger charge is 1.79. The third-order valence-electron chi connectivity index (χ3n) is 0.575. The molecule has 0 aromatic heterocycles.